The van der Waals surface area contributed by atoms with Gasteiger partial charge in [-0.3, -0.25) is 4.98 Å². The van der Waals surface area contributed by atoms with Crippen LogP contribution in [-0.2, 0) is 0 Å². The van der Waals surface area contributed by atoms with Gasteiger partial charge < -0.3 is 9.64 Å². The van der Waals surface area contributed by atoms with E-state index in [1.807, 2.05) is 24.3 Å². The first-order chi connectivity index (χ1) is 10.3. The van der Waals surface area contributed by atoms with Crippen LogP contribution in [0.1, 0.15) is 12.8 Å². The molecule has 0 amide bonds. The first kappa shape index (κ1) is 14.1. The Labute approximate surface area is 129 Å². The van der Waals surface area contributed by atoms with Crippen LogP contribution in [0.5, 0.6) is 5.88 Å². The van der Waals surface area contributed by atoms with Crippen LogP contribution in [0.25, 0.3) is 0 Å². The van der Waals surface area contributed by atoms with Crippen LogP contribution in [0.4, 0.5) is 5.69 Å². The summed E-state index contributed by atoms with van der Waals surface area (Å²) in [6, 6.07) is 7.69. The summed E-state index contributed by atoms with van der Waals surface area (Å²) in [6.45, 7) is 2.68. The molecule has 0 saturated carbocycles. The van der Waals surface area contributed by atoms with E-state index in [0.29, 0.717) is 23.4 Å². The minimum atomic E-state index is 0.491. The molecular weight excluding hydrogens is 286 g/mol. The van der Waals surface area contributed by atoms with Gasteiger partial charge in [0.05, 0.1) is 17.3 Å². The summed E-state index contributed by atoms with van der Waals surface area (Å²) in [4.78, 5) is 10.6. The quantitative estimate of drug-likeness (QED) is 0.867. The molecule has 1 aliphatic heterocycles. The van der Waals surface area contributed by atoms with Crippen molar-refractivity contribution in [2.24, 2.45) is 5.92 Å². The minimum absolute atomic E-state index is 0.491. The van der Waals surface area contributed by atoms with Gasteiger partial charge in [0.15, 0.2) is 0 Å². The van der Waals surface area contributed by atoms with Crippen LogP contribution in [0.15, 0.2) is 42.9 Å². The van der Waals surface area contributed by atoms with E-state index in [4.69, 9.17) is 16.3 Å². The normalized spacial score (nSPS) is 18.5. The number of piperidine rings is 1. The SMILES string of the molecule is Clc1cnccc1N1CCCC(COc2ccccn2)C1. The van der Waals surface area contributed by atoms with Crippen molar-refractivity contribution in [3.63, 3.8) is 0 Å². The number of anilines is 1. The van der Waals surface area contributed by atoms with Crippen molar-refractivity contribution in [3.8, 4) is 5.88 Å². The minimum Gasteiger partial charge on any atom is -0.477 e. The molecule has 1 saturated heterocycles. The molecule has 0 spiro atoms. The highest BCUT2D eigenvalue weighted by atomic mass is 35.5. The van der Waals surface area contributed by atoms with Crippen LogP contribution in [0.3, 0.4) is 0 Å². The van der Waals surface area contributed by atoms with E-state index >= 15 is 0 Å². The van der Waals surface area contributed by atoms with Crippen molar-refractivity contribution in [1.82, 2.24) is 9.97 Å². The Balaban J connectivity index is 1.60. The van der Waals surface area contributed by atoms with Gasteiger partial charge in [0.25, 0.3) is 0 Å². The average molecular weight is 304 g/mol. The zero-order valence-electron chi connectivity index (χ0n) is 11.8. The number of hydrogen-bond donors (Lipinski definition) is 0. The molecular formula is C16H18ClN3O. The summed E-state index contributed by atoms with van der Waals surface area (Å²) in [6.07, 6.45) is 7.56. The second-order valence-electron chi connectivity index (χ2n) is 5.26. The number of aromatic nitrogens is 2. The number of pyridine rings is 2. The largest absolute Gasteiger partial charge is 0.477 e. The molecule has 1 aliphatic rings. The van der Waals surface area contributed by atoms with Gasteiger partial charge in [-0.25, -0.2) is 4.98 Å². The van der Waals surface area contributed by atoms with Gasteiger partial charge in [0, 0.05) is 43.7 Å². The smallest absolute Gasteiger partial charge is 0.213 e. The van der Waals surface area contributed by atoms with E-state index in [0.717, 1.165) is 25.2 Å². The third kappa shape index (κ3) is 3.64. The first-order valence-electron chi connectivity index (χ1n) is 7.21. The lowest BCUT2D eigenvalue weighted by molar-refractivity contribution is 0.222. The Morgan fingerprint density at radius 3 is 3.05 bits per heavy atom. The predicted octanol–water partition coefficient (Wildman–Crippen LogP) is 3.43. The van der Waals surface area contributed by atoms with Gasteiger partial charge in [-0.15, -0.1) is 0 Å². The van der Waals surface area contributed by atoms with Gasteiger partial charge in [0.1, 0.15) is 0 Å². The highest BCUT2D eigenvalue weighted by Crippen LogP contribution is 2.28. The Morgan fingerprint density at radius 2 is 2.24 bits per heavy atom. The van der Waals surface area contributed by atoms with E-state index < -0.39 is 0 Å². The molecule has 0 bridgehead atoms. The van der Waals surface area contributed by atoms with Gasteiger partial charge >= 0.3 is 0 Å². The Bertz CT molecular complexity index is 579. The number of nitrogens with zero attached hydrogens (tertiary/aromatic N) is 3. The fourth-order valence-electron chi connectivity index (χ4n) is 2.68. The summed E-state index contributed by atoms with van der Waals surface area (Å²) in [5.41, 5.74) is 1.06. The zero-order chi connectivity index (χ0) is 14.5. The molecule has 2 aromatic heterocycles. The molecule has 21 heavy (non-hydrogen) atoms. The summed E-state index contributed by atoms with van der Waals surface area (Å²) < 4.78 is 5.78. The van der Waals surface area contributed by atoms with Crippen LogP contribution >= 0.6 is 11.6 Å². The average Bonchev–Trinajstić information content (AvgIpc) is 2.55. The molecule has 1 unspecified atom stereocenters. The van der Waals surface area contributed by atoms with E-state index in [1.165, 1.54) is 6.42 Å². The summed E-state index contributed by atoms with van der Waals surface area (Å²) in [5, 5.41) is 0.712. The molecule has 1 fully saturated rings. The van der Waals surface area contributed by atoms with Crippen molar-refractivity contribution in [2.45, 2.75) is 12.8 Å². The molecule has 2 aromatic rings. The van der Waals surface area contributed by atoms with Crippen LogP contribution in [0.2, 0.25) is 5.02 Å². The maximum atomic E-state index is 6.23. The Kier molecular flexibility index (Phi) is 4.55. The number of ether oxygens (including phenoxy) is 1. The predicted molar refractivity (Wildman–Crippen MR) is 83.9 cm³/mol. The maximum absolute atomic E-state index is 6.23. The monoisotopic (exact) mass is 303 g/mol. The molecule has 0 radical (unpaired) electrons. The molecule has 1 atom stereocenters. The van der Waals surface area contributed by atoms with Crippen LogP contribution in [-0.4, -0.2) is 29.7 Å². The Hall–Kier alpha value is -1.81. The van der Waals surface area contributed by atoms with Crippen molar-refractivity contribution >= 4 is 17.3 Å². The van der Waals surface area contributed by atoms with E-state index in [2.05, 4.69) is 14.9 Å². The van der Waals surface area contributed by atoms with E-state index in [9.17, 15) is 0 Å². The Morgan fingerprint density at radius 1 is 1.29 bits per heavy atom. The number of rotatable bonds is 4. The van der Waals surface area contributed by atoms with Gasteiger partial charge in [-0.2, -0.15) is 0 Å². The van der Waals surface area contributed by atoms with Crippen LogP contribution < -0.4 is 9.64 Å². The standard InChI is InChI=1S/C16H18ClN3O/c17-14-10-18-8-6-15(14)20-9-3-4-13(11-20)12-21-16-5-1-2-7-19-16/h1-2,5-8,10,13H,3-4,9,11-12H2. The zero-order valence-corrected chi connectivity index (χ0v) is 12.5. The molecule has 0 N–H and O–H groups in total. The number of hydrogen-bond acceptors (Lipinski definition) is 4. The lowest BCUT2D eigenvalue weighted by Crippen LogP contribution is -2.38. The lowest BCUT2D eigenvalue weighted by Gasteiger charge is -2.34. The maximum Gasteiger partial charge on any atom is 0.213 e. The highest BCUT2D eigenvalue weighted by Gasteiger charge is 2.22. The molecule has 0 aliphatic carbocycles. The van der Waals surface area contributed by atoms with Crippen molar-refractivity contribution in [1.29, 1.82) is 0 Å². The number of halogens is 1. The second-order valence-corrected chi connectivity index (χ2v) is 5.67. The molecule has 3 rings (SSSR count). The van der Waals surface area contributed by atoms with Crippen molar-refractivity contribution in [2.75, 3.05) is 24.6 Å². The fourth-order valence-corrected chi connectivity index (χ4v) is 2.92. The van der Waals surface area contributed by atoms with E-state index in [-0.39, 0.29) is 0 Å². The first-order valence-corrected chi connectivity index (χ1v) is 7.59. The summed E-state index contributed by atoms with van der Waals surface area (Å²) >= 11 is 6.23. The lowest BCUT2D eigenvalue weighted by atomic mass is 9.98. The summed E-state index contributed by atoms with van der Waals surface area (Å²) in [7, 11) is 0. The van der Waals surface area contributed by atoms with Crippen molar-refractivity contribution in [3.05, 3.63) is 47.9 Å². The highest BCUT2D eigenvalue weighted by molar-refractivity contribution is 6.33. The van der Waals surface area contributed by atoms with Crippen LogP contribution in [0, 0.1) is 5.92 Å². The third-order valence-electron chi connectivity index (χ3n) is 3.72. The topological polar surface area (TPSA) is 38.2 Å². The molecule has 0 aromatic carbocycles. The second kappa shape index (κ2) is 6.76. The van der Waals surface area contributed by atoms with E-state index in [1.54, 1.807) is 18.6 Å². The molecule has 4 nitrogen and oxygen atoms in total. The fraction of sp³-hybridized carbons (Fsp3) is 0.375. The molecule has 5 heteroatoms. The van der Waals surface area contributed by atoms with Gasteiger partial charge in [-0.1, -0.05) is 17.7 Å². The third-order valence-corrected chi connectivity index (χ3v) is 4.01. The van der Waals surface area contributed by atoms with Gasteiger partial charge in [0.2, 0.25) is 5.88 Å². The molecule has 3 heterocycles. The van der Waals surface area contributed by atoms with Gasteiger partial charge in [-0.05, 0) is 25.0 Å². The van der Waals surface area contributed by atoms with Crippen molar-refractivity contribution < 1.29 is 4.74 Å². The summed E-state index contributed by atoms with van der Waals surface area (Å²) in [5.74, 6) is 1.18. The molecule has 110 valence electrons.